The molecule has 3 rings (SSSR count). The molecule has 20 heavy (non-hydrogen) atoms. The fourth-order valence-electron chi connectivity index (χ4n) is 3.05. The van der Waals surface area contributed by atoms with Crippen LogP contribution in [0, 0.1) is 5.92 Å². The normalized spacial score (nSPS) is 20.9. The molecule has 1 atom stereocenters. The standard InChI is InChI=1S/C16H21ClN2O/c1-16(2,20)11-7-8-19(9-11)10-14-15(17)12-5-3-4-6-13(12)18-14/h3-6,11,18,20H,7-10H2,1-2H3/t11-/m1/s1. The molecule has 0 radical (unpaired) electrons. The molecule has 2 aromatic rings. The number of aromatic nitrogens is 1. The van der Waals surface area contributed by atoms with Gasteiger partial charge < -0.3 is 10.1 Å². The van der Waals surface area contributed by atoms with Gasteiger partial charge in [0.25, 0.3) is 0 Å². The summed E-state index contributed by atoms with van der Waals surface area (Å²) in [6.07, 6.45) is 1.04. The van der Waals surface area contributed by atoms with E-state index in [0.717, 1.165) is 47.7 Å². The second kappa shape index (κ2) is 5.06. The first kappa shape index (κ1) is 13.9. The molecule has 108 valence electrons. The van der Waals surface area contributed by atoms with Gasteiger partial charge in [-0.3, -0.25) is 4.90 Å². The van der Waals surface area contributed by atoms with Crippen molar-refractivity contribution >= 4 is 22.5 Å². The fourth-order valence-corrected chi connectivity index (χ4v) is 3.32. The first-order chi connectivity index (χ1) is 9.45. The lowest BCUT2D eigenvalue weighted by Crippen LogP contribution is -2.33. The summed E-state index contributed by atoms with van der Waals surface area (Å²) in [6.45, 7) is 6.56. The first-order valence-electron chi connectivity index (χ1n) is 7.15. The molecule has 1 aromatic carbocycles. The van der Waals surface area contributed by atoms with Crippen molar-refractivity contribution in [3.05, 3.63) is 35.0 Å². The third-order valence-electron chi connectivity index (χ3n) is 4.37. The van der Waals surface area contributed by atoms with Gasteiger partial charge in [0.1, 0.15) is 0 Å². The van der Waals surface area contributed by atoms with Gasteiger partial charge >= 0.3 is 0 Å². The Morgan fingerprint density at radius 1 is 1.40 bits per heavy atom. The number of hydrogen-bond acceptors (Lipinski definition) is 2. The zero-order valence-electron chi connectivity index (χ0n) is 12.0. The molecule has 0 bridgehead atoms. The average Bonchev–Trinajstić information content (AvgIpc) is 2.97. The summed E-state index contributed by atoms with van der Waals surface area (Å²) in [5, 5.41) is 12.0. The maximum Gasteiger partial charge on any atom is 0.0705 e. The van der Waals surface area contributed by atoms with Crippen LogP contribution in [-0.4, -0.2) is 33.7 Å². The Labute approximate surface area is 124 Å². The summed E-state index contributed by atoms with van der Waals surface area (Å²) in [5.41, 5.74) is 1.56. The lowest BCUT2D eigenvalue weighted by Gasteiger charge is -2.25. The van der Waals surface area contributed by atoms with Gasteiger partial charge in [0.05, 0.1) is 10.6 Å². The van der Waals surface area contributed by atoms with Crippen LogP contribution in [-0.2, 0) is 6.54 Å². The van der Waals surface area contributed by atoms with E-state index in [1.807, 2.05) is 38.1 Å². The van der Waals surface area contributed by atoms with Crippen LogP contribution in [0.4, 0.5) is 0 Å². The molecule has 2 heterocycles. The number of likely N-dealkylation sites (tertiary alicyclic amines) is 1. The van der Waals surface area contributed by atoms with Crippen LogP contribution in [0.15, 0.2) is 24.3 Å². The second-order valence-corrected chi connectivity index (χ2v) is 6.72. The summed E-state index contributed by atoms with van der Waals surface area (Å²) < 4.78 is 0. The zero-order valence-corrected chi connectivity index (χ0v) is 12.7. The number of nitrogens with one attached hydrogen (secondary N) is 1. The van der Waals surface area contributed by atoms with Crippen molar-refractivity contribution in [3.63, 3.8) is 0 Å². The Kier molecular flexibility index (Phi) is 3.53. The number of benzene rings is 1. The summed E-state index contributed by atoms with van der Waals surface area (Å²) in [4.78, 5) is 5.77. The molecule has 1 aliphatic heterocycles. The molecule has 1 aliphatic rings. The highest BCUT2D eigenvalue weighted by molar-refractivity contribution is 6.36. The Morgan fingerprint density at radius 2 is 2.15 bits per heavy atom. The monoisotopic (exact) mass is 292 g/mol. The van der Waals surface area contributed by atoms with E-state index in [1.165, 1.54) is 0 Å². The van der Waals surface area contributed by atoms with Crippen LogP contribution in [0.5, 0.6) is 0 Å². The average molecular weight is 293 g/mol. The molecule has 1 fully saturated rings. The summed E-state index contributed by atoms with van der Waals surface area (Å²) in [6, 6.07) is 8.11. The number of halogens is 1. The molecule has 3 nitrogen and oxygen atoms in total. The number of aromatic amines is 1. The maximum atomic E-state index is 10.1. The lowest BCUT2D eigenvalue weighted by molar-refractivity contribution is 0.0207. The summed E-state index contributed by atoms with van der Waals surface area (Å²) in [7, 11) is 0. The van der Waals surface area contributed by atoms with Crippen LogP contribution < -0.4 is 0 Å². The Hall–Kier alpha value is -1.03. The maximum absolute atomic E-state index is 10.1. The smallest absolute Gasteiger partial charge is 0.0705 e. The molecular formula is C16H21ClN2O. The molecule has 0 saturated carbocycles. The number of H-pyrrole nitrogens is 1. The van der Waals surface area contributed by atoms with Crippen molar-refractivity contribution in [2.24, 2.45) is 5.92 Å². The van der Waals surface area contributed by atoms with E-state index in [1.54, 1.807) is 0 Å². The lowest BCUT2D eigenvalue weighted by atomic mass is 9.90. The van der Waals surface area contributed by atoms with Crippen molar-refractivity contribution in [2.45, 2.75) is 32.4 Å². The molecule has 1 aromatic heterocycles. The van der Waals surface area contributed by atoms with Crippen LogP contribution >= 0.6 is 11.6 Å². The topological polar surface area (TPSA) is 39.3 Å². The van der Waals surface area contributed by atoms with Crippen LogP contribution in [0.25, 0.3) is 10.9 Å². The zero-order chi connectivity index (χ0) is 14.3. The number of rotatable bonds is 3. The minimum atomic E-state index is -0.598. The van der Waals surface area contributed by atoms with E-state index in [4.69, 9.17) is 11.6 Å². The van der Waals surface area contributed by atoms with Gasteiger partial charge in [-0.2, -0.15) is 0 Å². The molecule has 1 saturated heterocycles. The number of para-hydroxylation sites is 1. The van der Waals surface area contributed by atoms with E-state index < -0.39 is 5.60 Å². The van der Waals surface area contributed by atoms with E-state index >= 15 is 0 Å². The van der Waals surface area contributed by atoms with Crippen molar-refractivity contribution in [1.82, 2.24) is 9.88 Å². The minimum Gasteiger partial charge on any atom is -0.390 e. The number of nitrogens with zero attached hydrogens (tertiary/aromatic N) is 1. The molecular weight excluding hydrogens is 272 g/mol. The molecule has 4 heteroatoms. The molecule has 0 unspecified atom stereocenters. The third-order valence-corrected chi connectivity index (χ3v) is 4.80. The summed E-state index contributed by atoms with van der Waals surface area (Å²) >= 11 is 6.45. The van der Waals surface area contributed by atoms with Crippen LogP contribution in [0.3, 0.4) is 0 Å². The van der Waals surface area contributed by atoms with Crippen molar-refractivity contribution < 1.29 is 5.11 Å². The second-order valence-electron chi connectivity index (χ2n) is 6.34. The predicted molar refractivity (Wildman–Crippen MR) is 83.0 cm³/mol. The Bertz CT molecular complexity index is 614. The molecule has 0 amide bonds. The van der Waals surface area contributed by atoms with Gasteiger partial charge in [0.2, 0.25) is 0 Å². The van der Waals surface area contributed by atoms with Gasteiger partial charge in [-0.15, -0.1) is 0 Å². The number of hydrogen-bond donors (Lipinski definition) is 2. The van der Waals surface area contributed by atoms with Crippen molar-refractivity contribution in [1.29, 1.82) is 0 Å². The van der Waals surface area contributed by atoms with E-state index in [9.17, 15) is 5.11 Å². The molecule has 0 aliphatic carbocycles. The third kappa shape index (κ3) is 2.58. The van der Waals surface area contributed by atoms with Crippen molar-refractivity contribution in [3.8, 4) is 0 Å². The van der Waals surface area contributed by atoms with E-state index in [2.05, 4.69) is 9.88 Å². The Balaban J connectivity index is 1.76. The minimum absolute atomic E-state index is 0.339. The quantitative estimate of drug-likeness (QED) is 0.910. The van der Waals surface area contributed by atoms with Gasteiger partial charge in [0.15, 0.2) is 0 Å². The highest BCUT2D eigenvalue weighted by Crippen LogP contribution is 2.31. The largest absolute Gasteiger partial charge is 0.390 e. The molecule has 2 N–H and O–H groups in total. The SMILES string of the molecule is CC(C)(O)[C@@H]1CCN(Cc2[nH]c3ccccc3c2Cl)C1. The van der Waals surface area contributed by atoms with Gasteiger partial charge in [-0.1, -0.05) is 29.8 Å². The first-order valence-corrected chi connectivity index (χ1v) is 7.53. The fraction of sp³-hybridized carbons (Fsp3) is 0.500. The number of fused-ring (bicyclic) bond motifs is 1. The predicted octanol–water partition coefficient (Wildman–Crippen LogP) is 3.41. The molecule has 0 spiro atoms. The number of aliphatic hydroxyl groups is 1. The van der Waals surface area contributed by atoms with Crippen LogP contribution in [0.1, 0.15) is 26.0 Å². The van der Waals surface area contributed by atoms with Gasteiger partial charge in [-0.05, 0) is 32.9 Å². The van der Waals surface area contributed by atoms with E-state index in [0.29, 0.717) is 5.92 Å². The van der Waals surface area contributed by atoms with Crippen LogP contribution in [0.2, 0.25) is 5.02 Å². The van der Waals surface area contributed by atoms with Gasteiger partial charge in [0, 0.05) is 35.6 Å². The van der Waals surface area contributed by atoms with Crippen molar-refractivity contribution in [2.75, 3.05) is 13.1 Å². The summed E-state index contributed by atoms with van der Waals surface area (Å²) in [5.74, 6) is 0.339. The van der Waals surface area contributed by atoms with E-state index in [-0.39, 0.29) is 0 Å². The highest BCUT2D eigenvalue weighted by Gasteiger charge is 2.33. The van der Waals surface area contributed by atoms with Gasteiger partial charge in [-0.25, -0.2) is 0 Å². The highest BCUT2D eigenvalue weighted by atomic mass is 35.5. The Morgan fingerprint density at radius 3 is 2.80 bits per heavy atom.